The summed E-state index contributed by atoms with van der Waals surface area (Å²) in [6, 6.07) is 15.4. The second-order valence-electron chi connectivity index (χ2n) is 4.71. The molecule has 0 aliphatic rings. The normalized spacial score (nSPS) is 11.1. The highest BCUT2D eigenvalue weighted by molar-refractivity contribution is 6.30. The molecule has 102 valence electrons. The molecule has 0 aliphatic heterocycles. The van der Waals surface area contributed by atoms with E-state index in [1.165, 1.54) is 0 Å². The zero-order valence-corrected chi connectivity index (χ0v) is 11.6. The summed E-state index contributed by atoms with van der Waals surface area (Å²) in [5.41, 5.74) is 2.75. The molecule has 0 saturated carbocycles. The number of hydrogen-bond donors (Lipinski definition) is 1. The molecule has 0 atom stereocenters. The number of nitrogens with one attached hydrogen (secondary N) is 1. The van der Waals surface area contributed by atoms with Crippen molar-refractivity contribution in [2.75, 3.05) is 0 Å². The monoisotopic (exact) mass is 295 g/mol. The Morgan fingerprint density at radius 2 is 1.95 bits per heavy atom. The second kappa shape index (κ2) is 4.75. The van der Waals surface area contributed by atoms with Crippen molar-refractivity contribution in [1.29, 1.82) is 0 Å². The van der Waals surface area contributed by atoms with Gasteiger partial charge in [-0.15, -0.1) is 0 Å². The number of aromatic nitrogens is 3. The predicted octanol–water partition coefficient (Wildman–Crippen LogP) is 4.54. The fourth-order valence-corrected chi connectivity index (χ4v) is 2.46. The average Bonchev–Trinajstić information content (AvgIpc) is 3.15. The lowest BCUT2D eigenvalue weighted by atomic mass is 10.1. The van der Waals surface area contributed by atoms with Crippen molar-refractivity contribution in [1.82, 2.24) is 15.1 Å². The van der Waals surface area contributed by atoms with E-state index in [9.17, 15) is 0 Å². The van der Waals surface area contributed by atoms with Crippen LogP contribution >= 0.6 is 11.6 Å². The van der Waals surface area contributed by atoms with E-state index in [4.69, 9.17) is 16.1 Å². The zero-order valence-electron chi connectivity index (χ0n) is 10.9. The standard InChI is InChI=1S/C16H10ClN3O/c17-13-3-1-2-11(8-13)15-19-16(21-20-15)12-5-4-10-6-7-18-14(10)9-12/h1-9,18H. The lowest BCUT2D eigenvalue weighted by Gasteiger charge is -1.95. The third-order valence-corrected chi connectivity index (χ3v) is 3.55. The maximum Gasteiger partial charge on any atom is 0.258 e. The van der Waals surface area contributed by atoms with Crippen LogP contribution in [-0.2, 0) is 0 Å². The van der Waals surface area contributed by atoms with Gasteiger partial charge in [0.2, 0.25) is 5.82 Å². The molecule has 0 amide bonds. The maximum absolute atomic E-state index is 5.98. The van der Waals surface area contributed by atoms with E-state index < -0.39 is 0 Å². The van der Waals surface area contributed by atoms with Gasteiger partial charge in [0.25, 0.3) is 5.89 Å². The molecule has 0 fully saturated rings. The van der Waals surface area contributed by atoms with Crippen molar-refractivity contribution in [2.24, 2.45) is 0 Å². The van der Waals surface area contributed by atoms with Crippen LogP contribution in [0.1, 0.15) is 0 Å². The molecule has 0 bridgehead atoms. The van der Waals surface area contributed by atoms with Crippen LogP contribution in [0.15, 0.2) is 59.3 Å². The van der Waals surface area contributed by atoms with Crippen molar-refractivity contribution in [2.45, 2.75) is 0 Å². The fourth-order valence-electron chi connectivity index (χ4n) is 2.27. The van der Waals surface area contributed by atoms with Gasteiger partial charge in [0.1, 0.15) is 0 Å². The first-order valence-electron chi connectivity index (χ1n) is 6.47. The number of fused-ring (bicyclic) bond motifs is 1. The van der Waals surface area contributed by atoms with E-state index in [1.807, 2.05) is 54.7 Å². The van der Waals surface area contributed by atoms with Crippen LogP contribution in [0.4, 0.5) is 0 Å². The summed E-state index contributed by atoms with van der Waals surface area (Å²) < 4.78 is 5.35. The summed E-state index contributed by atoms with van der Waals surface area (Å²) in [4.78, 5) is 7.60. The van der Waals surface area contributed by atoms with Crippen molar-refractivity contribution in [3.8, 4) is 22.8 Å². The minimum atomic E-state index is 0.487. The molecule has 4 rings (SSSR count). The quantitative estimate of drug-likeness (QED) is 0.591. The third kappa shape index (κ3) is 2.19. The molecule has 2 heterocycles. The molecule has 0 spiro atoms. The van der Waals surface area contributed by atoms with E-state index in [1.54, 1.807) is 0 Å². The number of benzene rings is 2. The van der Waals surface area contributed by atoms with Gasteiger partial charge in [0.05, 0.1) is 0 Å². The molecule has 4 nitrogen and oxygen atoms in total. The summed E-state index contributed by atoms with van der Waals surface area (Å²) in [7, 11) is 0. The second-order valence-corrected chi connectivity index (χ2v) is 5.15. The molecule has 5 heteroatoms. The highest BCUT2D eigenvalue weighted by atomic mass is 35.5. The first kappa shape index (κ1) is 12.2. The van der Waals surface area contributed by atoms with Gasteiger partial charge in [-0.3, -0.25) is 0 Å². The molecule has 0 saturated heterocycles. The van der Waals surface area contributed by atoms with Gasteiger partial charge in [0, 0.05) is 27.9 Å². The van der Waals surface area contributed by atoms with Crippen molar-refractivity contribution in [3.05, 3.63) is 59.8 Å². The Morgan fingerprint density at radius 1 is 1.00 bits per heavy atom. The van der Waals surface area contributed by atoms with E-state index in [0.29, 0.717) is 16.7 Å². The maximum atomic E-state index is 5.98. The Balaban J connectivity index is 1.76. The van der Waals surface area contributed by atoms with Crippen molar-refractivity contribution >= 4 is 22.5 Å². The van der Waals surface area contributed by atoms with Gasteiger partial charge in [-0.25, -0.2) is 0 Å². The van der Waals surface area contributed by atoms with Gasteiger partial charge in [-0.1, -0.05) is 35.0 Å². The summed E-state index contributed by atoms with van der Waals surface area (Å²) in [6.07, 6.45) is 1.90. The van der Waals surface area contributed by atoms with Gasteiger partial charge < -0.3 is 9.51 Å². The predicted molar refractivity (Wildman–Crippen MR) is 82.0 cm³/mol. The number of H-pyrrole nitrogens is 1. The Hall–Kier alpha value is -2.59. The molecule has 1 N–H and O–H groups in total. The lowest BCUT2D eigenvalue weighted by Crippen LogP contribution is -1.81. The van der Waals surface area contributed by atoms with Crippen LogP contribution in [0.25, 0.3) is 33.7 Å². The molecule has 0 aliphatic carbocycles. The van der Waals surface area contributed by atoms with Crippen molar-refractivity contribution < 1.29 is 4.52 Å². The lowest BCUT2D eigenvalue weighted by molar-refractivity contribution is 0.432. The van der Waals surface area contributed by atoms with Gasteiger partial charge in [0.15, 0.2) is 0 Å². The molecule has 21 heavy (non-hydrogen) atoms. The van der Waals surface area contributed by atoms with E-state index in [-0.39, 0.29) is 0 Å². The Kier molecular flexibility index (Phi) is 2.75. The smallest absolute Gasteiger partial charge is 0.258 e. The van der Waals surface area contributed by atoms with E-state index >= 15 is 0 Å². The molecule has 2 aromatic heterocycles. The topological polar surface area (TPSA) is 54.7 Å². The van der Waals surface area contributed by atoms with Crippen LogP contribution < -0.4 is 0 Å². The van der Waals surface area contributed by atoms with E-state index in [0.717, 1.165) is 22.0 Å². The molecule has 0 radical (unpaired) electrons. The Bertz CT molecular complexity index is 926. The summed E-state index contributed by atoms with van der Waals surface area (Å²) in [6.45, 7) is 0. The van der Waals surface area contributed by atoms with Gasteiger partial charge in [-0.2, -0.15) is 4.98 Å². The number of rotatable bonds is 2. The molecule has 4 aromatic rings. The number of hydrogen-bond acceptors (Lipinski definition) is 3. The van der Waals surface area contributed by atoms with Gasteiger partial charge in [-0.05, 0) is 35.7 Å². The summed E-state index contributed by atoms with van der Waals surface area (Å²) in [5, 5.41) is 5.81. The minimum absolute atomic E-state index is 0.487. The first-order valence-corrected chi connectivity index (χ1v) is 6.84. The summed E-state index contributed by atoms with van der Waals surface area (Å²) in [5.74, 6) is 1.01. The third-order valence-electron chi connectivity index (χ3n) is 3.31. The Labute approximate surface area is 125 Å². The first-order chi connectivity index (χ1) is 10.3. The van der Waals surface area contributed by atoms with Crippen LogP contribution in [0.3, 0.4) is 0 Å². The van der Waals surface area contributed by atoms with Crippen molar-refractivity contribution in [3.63, 3.8) is 0 Å². The summed E-state index contributed by atoms with van der Waals surface area (Å²) >= 11 is 5.98. The molecular weight excluding hydrogens is 286 g/mol. The molecular formula is C16H10ClN3O. The van der Waals surface area contributed by atoms with E-state index in [2.05, 4.69) is 15.1 Å². The molecule has 0 unspecified atom stereocenters. The fraction of sp³-hybridized carbons (Fsp3) is 0. The molecule has 2 aromatic carbocycles. The Morgan fingerprint density at radius 3 is 2.86 bits per heavy atom. The van der Waals surface area contributed by atoms with Crippen LogP contribution in [0.2, 0.25) is 5.02 Å². The van der Waals surface area contributed by atoms with Crippen LogP contribution in [0, 0.1) is 0 Å². The highest BCUT2D eigenvalue weighted by Crippen LogP contribution is 2.26. The van der Waals surface area contributed by atoms with Crippen LogP contribution in [0.5, 0.6) is 0 Å². The SMILES string of the molecule is Clc1cccc(-c2noc(-c3ccc4cc[nH]c4c3)n2)c1. The highest BCUT2D eigenvalue weighted by Gasteiger charge is 2.11. The number of halogens is 1. The van der Waals surface area contributed by atoms with Crippen LogP contribution in [-0.4, -0.2) is 15.1 Å². The zero-order chi connectivity index (χ0) is 14.2. The van der Waals surface area contributed by atoms with Gasteiger partial charge >= 0.3 is 0 Å². The largest absolute Gasteiger partial charge is 0.361 e. The number of aromatic amines is 1. The number of nitrogens with zero attached hydrogens (tertiary/aromatic N) is 2. The minimum Gasteiger partial charge on any atom is -0.361 e. The average molecular weight is 296 g/mol.